The van der Waals surface area contributed by atoms with Gasteiger partial charge in [-0.1, -0.05) is 202 Å². The van der Waals surface area contributed by atoms with Crippen LogP contribution in [-0.2, 0) is 55.8 Å². The second kappa shape index (κ2) is 55.3. The second-order valence-corrected chi connectivity index (χ2v) is 22.7. The van der Waals surface area contributed by atoms with Crippen LogP contribution in [-0.4, -0.2) is 95.9 Å². The molecule has 0 rings (SSSR count). The van der Waals surface area contributed by atoms with Crippen LogP contribution in [0.25, 0.3) is 0 Å². The number of hydrogen-bond donors (Lipinski definition) is 4. The SMILES string of the molecule is CC/C=C\C/C=C\C/C=C\C/C=C\C/C=C\CCCCCC(=O)OCC(O)COP(=O)(O)OCC(O)COP(=O)(O)OCC(COC(=O)CCCCCCC/C=C\C/C=C\CCC)OC(=O)CCCCCCCCCCCCC. The highest BCUT2D eigenvalue weighted by Gasteiger charge is 2.29. The van der Waals surface area contributed by atoms with E-state index in [1.165, 1.54) is 38.5 Å². The number of unbranched alkanes of at least 4 members (excludes halogenated alkanes) is 19. The van der Waals surface area contributed by atoms with E-state index in [-0.39, 0.29) is 19.3 Å². The smallest absolute Gasteiger partial charge is 0.463 e. The van der Waals surface area contributed by atoms with Gasteiger partial charge in [-0.05, 0) is 89.9 Å². The van der Waals surface area contributed by atoms with Crippen molar-refractivity contribution in [3.8, 4) is 0 Å². The van der Waals surface area contributed by atoms with Crippen LogP contribution in [0.15, 0.2) is 85.1 Å². The molecule has 0 aromatic carbocycles. The number of ether oxygens (including phenoxy) is 3. The van der Waals surface area contributed by atoms with Crippen molar-refractivity contribution in [1.29, 1.82) is 0 Å². The maximum Gasteiger partial charge on any atom is 0.472 e. The van der Waals surface area contributed by atoms with Crippen LogP contribution in [0.4, 0.5) is 0 Å². The van der Waals surface area contributed by atoms with Crippen LogP contribution < -0.4 is 0 Å². The fourth-order valence-corrected chi connectivity index (χ4v) is 9.10. The predicted molar refractivity (Wildman–Crippen MR) is 316 cm³/mol. The minimum Gasteiger partial charge on any atom is -0.463 e. The third-order valence-corrected chi connectivity index (χ3v) is 14.0. The molecule has 0 aromatic heterocycles. The molecule has 456 valence electrons. The van der Waals surface area contributed by atoms with E-state index in [9.17, 15) is 43.5 Å². The topological polar surface area (TPSA) is 231 Å². The molecule has 0 bridgehead atoms. The lowest BCUT2D eigenvalue weighted by Gasteiger charge is -2.21. The van der Waals surface area contributed by atoms with Crippen LogP contribution in [0.2, 0.25) is 0 Å². The monoisotopic (exact) mass is 1160 g/mol. The first-order chi connectivity index (χ1) is 38.2. The molecule has 5 unspecified atom stereocenters. The van der Waals surface area contributed by atoms with Crippen molar-refractivity contribution in [3.05, 3.63) is 85.1 Å². The average Bonchev–Trinajstić information content (AvgIpc) is 3.42. The standard InChI is InChI=1S/C61H106O16P2/c1-4-7-10-13-16-19-22-24-25-26-27-28-29-31-34-35-38-41-44-47-59(64)71-50-56(62)51-73-78(67,68)74-52-57(63)53-75-79(69,70)76-55-58(77-61(66)49-46-43-40-37-32-21-18-15-12-9-6-3)54-72-60(65)48-45-42-39-36-33-30-23-20-17-14-11-8-5-2/h7,10-11,14,16,19-20,23-25,27-28,31,34,56-58,62-63H,4-6,8-9,12-13,15,17-18,21-22,26,29-30,32-33,35-55H2,1-3H3,(H,67,68)(H,69,70)/b10-7-,14-11-,19-16-,23-20-,25-24-,28-27-,34-31-. The number of hydrogen-bond acceptors (Lipinski definition) is 14. The van der Waals surface area contributed by atoms with E-state index < -0.39 is 91.5 Å². The van der Waals surface area contributed by atoms with E-state index in [1.807, 2.05) is 0 Å². The van der Waals surface area contributed by atoms with Gasteiger partial charge in [0.05, 0.1) is 26.4 Å². The third kappa shape index (κ3) is 56.4. The van der Waals surface area contributed by atoms with Gasteiger partial charge in [0, 0.05) is 19.3 Å². The first-order valence-electron chi connectivity index (χ1n) is 29.9. The maximum atomic E-state index is 12.8. The molecule has 0 saturated heterocycles. The number of aliphatic hydroxyl groups is 2. The van der Waals surface area contributed by atoms with Gasteiger partial charge in [0.2, 0.25) is 0 Å². The summed E-state index contributed by atoms with van der Waals surface area (Å²) in [6.07, 6.45) is 55.2. The van der Waals surface area contributed by atoms with Crippen molar-refractivity contribution in [3.63, 3.8) is 0 Å². The molecule has 0 amide bonds. The molecule has 0 aliphatic heterocycles. The van der Waals surface area contributed by atoms with Gasteiger partial charge in [-0.15, -0.1) is 0 Å². The molecule has 0 spiro atoms. The summed E-state index contributed by atoms with van der Waals surface area (Å²) in [5.74, 6) is -1.62. The molecule has 5 atom stereocenters. The Balaban J connectivity index is 4.64. The van der Waals surface area contributed by atoms with Crippen molar-refractivity contribution in [2.45, 2.75) is 245 Å². The van der Waals surface area contributed by atoms with Crippen molar-refractivity contribution < 1.29 is 75.8 Å². The molecule has 16 nitrogen and oxygen atoms in total. The number of carbonyl (C=O) groups is 3. The normalized spacial score (nSPS) is 15.1. The second-order valence-electron chi connectivity index (χ2n) is 19.8. The molecule has 18 heteroatoms. The highest BCUT2D eigenvalue weighted by atomic mass is 31.2. The van der Waals surface area contributed by atoms with E-state index in [4.69, 9.17) is 32.3 Å². The number of aliphatic hydroxyl groups excluding tert-OH is 2. The quantitative estimate of drug-likeness (QED) is 0.0146. The van der Waals surface area contributed by atoms with Crippen molar-refractivity contribution in [2.24, 2.45) is 0 Å². The molecule has 0 radical (unpaired) electrons. The van der Waals surface area contributed by atoms with E-state index in [2.05, 4.69) is 106 Å². The zero-order valence-corrected chi connectivity index (χ0v) is 50.6. The fraction of sp³-hybridized carbons (Fsp3) is 0.721. The number of allylic oxidation sites excluding steroid dienone is 14. The van der Waals surface area contributed by atoms with E-state index >= 15 is 0 Å². The molecule has 0 heterocycles. The van der Waals surface area contributed by atoms with Crippen LogP contribution in [0.3, 0.4) is 0 Å². The Bertz CT molecular complexity index is 1790. The fourth-order valence-electron chi connectivity index (χ4n) is 7.51. The number of esters is 3. The minimum absolute atomic E-state index is 0.103. The Labute approximate surface area is 476 Å². The van der Waals surface area contributed by atoms with E-state index in [1.54, 1.807) is 0 Å². The third-order valence-electron chi connectivity index (χ3n) is 12.1. The zero-order chi connectivity index (χ0) is 58.2. The van der Waals surface area contributed by atoms with Gasteiger partial charge in [-0.25, -0.2) is 9.13 Å². The molecule has 79 heavy (non-hydrogen) atoms. The lowest BCUT2D eigenvalue weighted by Crippen LogP contribution is -2.30. The lowest BCUT2D eigenvalue weighted by molar-refractivity contribution is -0.161. The van der Waals surface area contributed by atoms with Crippen LogP contribution >= 0.6 is 15.6 Å². The van der Waals surface area contributed by atoms with Crippen LogP contribution in [0, 0.1) is 0 Å². The lowest BCUT2D eigenvalue weighted by atomic mass is 10.1. The Morgan fingerprint density at radius 2 is 0.696 bits per heavy atom. The summed E-state index contributed by atoms with van der Waals surface area (Å²) in [5, 5.41) is 20.4. The number of phosphoric ester groups is 2. The Hall–Kier alpha value is -3.27. The number of rotatable bonds is 56. The minimum atomic E-state index is -4.91. The van der Waals surface area contributed by atoms with Crippen molar-refractivity contribution in [1.82, 2.24) is 0 Å². The van der Waals surface area contributed by atoms with Crippen molar-refractivity contribution >= 4 is 33.6 Å². The predicted octanol–water partition coefficient (Wildman–Crippen LogP) is 15.4. The van der Waals surface area contributed by atoms with Crippen molar-refractivity contribution in [2.75, 3.05) is 39.6 Å². The van der Waals surface area contributed by atoms with Gasteiger partial charge in [0.25, 0.3) is 0 Å². The summed E-state index contributed by atoms with van der Waals surface area (Å²) in [7, 11) is -9.76. The zero-order valence-electron chi connectivity index (χ0n) is 48.8. The van der Waals surface area contributed by atoms with E-state index in [0.717, 1.165) is 128 Å². The highest BCUT2D eigenvalue weighted by molar-refractivity contribution is 7.47. The Kier molecular flexibility index (Phi) is 53.0. The molecular weight excluding hydrogens is 1050 g/mol. The Morgan fingerprint density at radius 1 is 0.367 bits per heavy atom. The first-order valence-corrected chi connectivity index (χ1v) is 32.9. The molecule has 0 saturated carbocycles. The summed E-state index contributed by atoms with van der Waals surface area (Å²) in [5.41, 5.74) is 0. The Morgan fingerprint density at radius 3 is 1.13 bits per heavy atom. The van der Waals surface area contributed by atoms with Gasteiger partial charge >= 0.3 is 33.6 Å². The molecule has 0 fully saturated rings. The largest absolute Gasteiger partial charge is 0.472 e. The van der Waals surface area contributed by atoms with Gasteiger partial charge < -0.3 is 34.2 Å². The summed E-state index contributed by atoms with van der Waals surface area (Å²) < 4.78 is 60.5. The highest BCUT2D eigenvalue weighted by Crippen LogP contribution is 2.45. The molecule has 0 aliphatic rings. The van der Waals surface area contributed by atoms with Crippen LogP contribution in [0.5, 0.6) is 0 Å². The van der Waals surface area contributed by atoms with Gasteiger partial charge in [0.15, 0.2) is 6.10 Å². The first kappa shape index (κ1) is 75.7. The summed E-state index contributed by atoms with van der Waals surface area (Å²) in [4.78, 5) is 58.0. The van der Waals surface area contributed by atoms with E-state index in [0.29, 0.717) is 19.3 Å². The summed E-state index contributed by atoms with van der Waals surface area (Å²) >= 11 is 0. The van der Waals surface area contributed by atoms with Gasteiger partial charge in [-0.3, -0.25) is 32.5 Å². The number of phosphoric acid groups is 2. The van der Waals surface area contributed by atoms with Gasteiger partial charge in [-0.2, -0.15) is 0 Å². The number of carbonyl (C=O) groups excluding carboxylic acids is 3. The summed E-state index contributed by atoms with van der Waals surface area (Å²) in [6.45, 7) is 2.39. The summed E-state index contributed by atoms with van der Waals surface area (Å²) in [6, 6.07) is 0. The molecule has 0 aromatic rings. The van der Waals surface area contributed by atoms with Gasteiger partial charge in [0.1, 0.15) is 25.4 Å². The molecular formula is C61H106O16P2. The molecule has 4 N–H and O–H groups in total. The maximum absolute atomic E-state index is 12.8. The van der Waals surface area contributed by atoms with Crippen LogP contribution in [0.1, 0.15) is 226 Å². The molecule has 0 aliphatic carbocycles. The average molecular weight is 1160 g/mol.